The van der Waals surface area contributed by atoms with E-state index in [4.69, 9.17) is 5.73 Å². The Morgan fingerprint density at radius 3 is 1.78 bits per heavy atom. The molecule has 114 valence electrons. The number of carbonyl (C=O) groups is 1. The molecule has 0 saturated carbocycles. The number of nitrogens with two attached hydrogens (primary N) is 1. The first-order chi connectivity index (χ1) is 11.1. The van der Waals surface area contributed by atoms with Crippen molar-refractivity contribution in [2.75, 3.05) is 5.73 Å². The highest BCUT2D eigenvalue weighted by Crippen LogP contribution is 2.38. The fourth-order valence-corrected chi connectivity index (χ4v) is 3.26. The van der Waals surface area contributed by atoms with E-state index in [9.17, 15) is 4.79 Å². The molecule has 0 unspecified atom stereocenters. The molecule has 0 aliphatic heterocycles. The predicted molar refractivity (Wildman–Crippen MR) is 113 cm³/mol. The van der Waals surface area contributed by atoms with Crippen LogP contribution in [0.25, 0.3) is 22.3 Å². The molecule has 0 bridgehead atoms. The normalized spacial score (nSPS) is 10.5. The van der Waals surface area contributed by atoms with Crippen LogP contribution in [0.5, 0.6) is 0 Å². The maximum Gasteiger partial charge on any atom is 0.152 e. The average molecular weight is 525 g/mol. The lowest BCUT2D eigenvalue weighted by Gasteiger charge is -2.15. The monoisotopic (exact) mass is 525 g/mol. The molecule has 0 aliphatic rings. The van der Waals surface area contributed by atoms with Gasteiger partial charge in [0.05, 0.1) is 5.69 Å². The molecule has 23 heavy (non-hydrogen) atoms. The van der Waals surface area contributed by atoms with E-state index < -0.39 is 0 Å². The Morgan fingerprint density at radius 1 is 0.739 bits per heavy atom. The fraction of sp³-hybridized carbons (Fsp3) is 0. The minimum absolute atomic E-state index is 0.521. The predicted octanol–water partition coefficient (Wildman–Crippen LogP) is 5.62. The first kappa shape index (κ1) is 16.4. The van der Waals surface area contributed by atoms with Gasteiger partial charge in [0.15, 0.2) is 6.29 Å². The molecule has 0 saturated heterocycles. The number of nitrogen functional groups attached to an aromatic ring is 1. The van der Waals surface area contributed by atoms with Crippen molar-refractivity contribution in [2.45, 2.75) is 0 Å². The van der Waals surface area contributed by atoms with Gasteiger partial charge in [-0.3, -0.25) is 4.79 Å². The molecule has 2 nitrogen and oxygen atoms in total. The topological polar surface area (TPSA) is 43.1 Å². The molecule has 0 heterocycles. The molecule has 0 spiro atoms. The number of carbonyl (C=O) groups excluding carboxylic acids is 1. The number of aldehydes is 1. The Balaban J connectivity index is 2.27. The van der Waals surface area contributed by atoms with Gasteiger partial charge in [-0.05, 0) is 92.2 Å². The van der Waals surface area contributed by atoms with Crippen molar-refractivity contribution in [3.8, 4) is 22.3 Å². The molecule has 0 radical (unpaired) electrons. The number of anilines is 1. The van der Waals surface area contributed by atoms with Crippen LogP contribution in [-0.2, 0) is 0 Å². The SMILES string of the molecule is Nc1c(C=O)ccc(-c2ccc(I)cc2)c1-c1ccc(I)cc1. The molecule has 0 atom stereocenters. The van der Waals surface area contributed by atoms with Crippen molar-refractivity contribution in [3.63, 3.8) is 0 Å². The van der Waals surface area contributed by atoms with E-state index in [0.717, 1.165) is 32.1 Å². The van der Waals surface area contributed by atoms with Crippen LogP contribution >= 0.6 is 45.2 Å². The van der Waals surface area contributed by atoms with Crippen LogP contribution in [0.3, 0.4) is 0 Å². The summed E-state index contributed by atoms with van der Waals surface area (Å²) in [5.41, 5.74) is 11.4. The average Bonchev–Trinajstić information content (AvgIpc) is 2.56. The number of hydrogen-bond acceptors (Lipinski definition) is 2. The fourth-order valence-electron chi connectivity index (χ4n) is 2.54. The van der Waals surface area contributed by atoms with Gasteiger partial charge in [0.2, 0.25) is 0 Å². The minimum Gasteiger partial charge on any atom is -0.398 e. The first-order valence-electron chi connectivity index (χ1n) is 6.99. The molecular weight excluding hydrogens is 512 g/mol. The Morgan fingerprint density at radius 2 is 1.26 bits per heavy atom. The third-order valence-corrected chi connectivity index (χ3v) is 5.13. The Bertz CT molecular complexity index is 856. The molecule has 3 rings (SSSR count). The lowest BCUT2D eigenvalue weighted by Crippen LogP contribution is -1.99. The van der Waals surface area contributed by atoms with Gasteiger partial charge in [0.1, 0.15) is 0 Å². The molecule has 3 aromatic rings. The molecule has 0 fully saturated rings. The number of rotatable bonds is 3. The van der Waals surface area contributed by atoms with Gasteiger partial charge in [-0.2, -0.15) is 0 Å². The maximum atomic E-state index is 11.3. The van der Waals surface area contributed by atoms with E-state index in [1.807, 2.05) is 30.3 Å². The van der Waals surface area contributed by atoms with Crippen molar-refractivity contribution in [2.24, 2.45) is 0 Å². The van der Waals surface area contributed by atoms with Crippen LogP contribution in [0, 0.1) is 7.14 Å². The summed E-state index contributed by atoms with van der Waals surface area (Å²) in [6.45, 7) is 0. The smallest absolute Gasteiger partial charge is 0.152 e. The molecule has 2 N–H and O–H groups in total. The largest absolute Gasteiger partial charge is 0.398 e. The van der Waals surface area contributed by atoms with Crippen LogP contribution < -0.4 is 5.73 Å². The van der Waals surface area contributed by atoms with Crippen LogP contribution in [0.1, 0.15) is 10.4 Å². The van der Waals surface area contributed by atoms with Crippen molar-refractivity contribution < 1.29 is 4.79 Å². The van der Waals surface area contributed by atoms with Gasteiger partial charge in [-0.1, -0.05) is 30.3 Å². The van der Waals surface area contributed by atoms with Crippen molar-refractivity contribution >= 4 is 57.2 Å². The van der Waals surface area contributed by atoms with Gasteiger partial charge in [0.25, 0.3) is 0 Å². The first-order valence-corrected chi connectivity index (χ1v) is 9.15. The Kier molecular flexibility index (Phi) is 5.01. The minimum atomic E-state index is 0.521. The van der Waals surface area contributed by atoms with E-state index in [0.29, 0.717) is 11.3 Å². The number of benzene rings is 3. The van der Waals surface area contributed by atoms with Gasteiger partial charge in [-0.25, -0.2) is 0 Å². The number of hydrogen-bond donors (Lipinski definition) is 1. The molecule has 0 aliphatic carbocycles. The van der Waals surface area contributed by atoms with Gasteiger partial charge in [0, 0.05) is 18.3 Å². The van der Waals surface area contributed by atoms with E-state index in [2.05, 4.69) is 69.4 Å². The highest BCUT2D eigenvalue weighted by Gasteiger charge is 2.14. The summed E-state index contributed by atoms with van der Waals surface area (Å²) in [6, 6.07) is 20.2. The van der Waals surface area contributed by atoms with Gasteiger partial charge >= 0.3 is 0 Å². The standard InChI is InChI=1S/C19H13I2NO/c20-15-6-1-12(2-7-15)17-10-5-14(11-23)19(22)18(17)13-3-8-16(21)9-4-13/h1-11H,22H2. The third-order valence-electron chi connectivity index (χ3n) is 3.69. The zero-order valence-corrected chi connectivity index (χ0v) is 16.4. The second-order valence-corrected chi connectivity index (χ2v) is 7.61. The maximum absolute atomic E-state index is 11.3. The quantitative estimate of drug-likeness (QED) is 0.274. The van der Waals surface area contributed by atoms with E-state index in [1.165, 1.54) is 3.57 Å². The van der Waals surface area contributed by atoms with Crippen LogP contribution in [0.2, 0.25) is 0 Å². The van der Waals surface area contributed by atoms with E-state index in [-0.39, 0.29) is 0 Å². The molecule has 3 aromatic carbocycles. The second kappa shape index (κ2) is 7.00. The summed E-state index contributed by atoms with van der Waals surface area (Å²) in [7, 11) is 0. The summed E-state index contributed by atoms with van der Waals surface area (Å²) in [5, 5.41) is 0. The van der Waals surface area contributed by atoms with Gasteiger partial charge < -0.3 is 5.73 Å². The summed E-state index contributed by atoms with van der Waals surface area (Å²) in [4.78, 5) is 11.3. The Hall–Kier alpha value is -1.41. The van der Waals surface area contributed by atoms with Crippen LogP contribution in [-0.4, -0.2) is 6.29 Å². The molecule has 0 amide bonds. The van der Waals surface area contributed by atoms with E-state index >= 15 is 0 Å². The van der Waals surface area contributed by atoms with Crippen LogP contribution in [0.4, 0.5) is 5.69 Å². The van der Waals surface area contributed by atoms with Gasteiger partial charge in [-0.15, -0.1) is 0 Å². The summed E-state index contributed by atoms with van der Waals surface area (Å²) in [6.07, 6.45) is 0.809. The number of halogens is 2. The lowest BCUT2D eigenvalue weighted by molar-refractivity contribution is 0.112. The molecule has 4 heteroatoms. The van der Waals surface area contributed by atoms with Crippen molar-refractivity contribution in [1.82, 2.24) is 0 Å². The summed E-state index contributed by atoms with van der Waals surface area (Å²) in [5.74, 6) is 0. The Labute approximate surface area is 162 Å². The van der Waals surface area contributed by atoms with Crippen molar-refractivity contribution in [1.29, 1.82) is 0 Å². The van der Waals surface area contributed by atoms with E-state index in [1.54, 1.807) is 6.07 Å². The van der Waals surface area contributed by atoms with Crippen molar-refractivity contribution in [3.05, 3.63) is 73.4 Å². The zero-order valence-electron chi connectivity index (χ0n) is 12.1. The highest BCUT2D eigenvalue weighted by molar-refractivity contribution is 14.1. The summed E-state index contributed by atoms with van der Waals surface area (Å²) >= 11 is 4.56. The van der Waals surface area contributed by atoms with Crippen LogP contribution in [0.15, 0.2) is 60.7 Å². The molecule has 0 aromatic heterocycles. The molecular formula is C19H13I2NO. The third kappa shape index (κ3) is 3.42. The summed E-state index contributed by atoms with van der Waals surface area (Å²) < 4.78 is 2.34. The zero-order chi connectivity index (χ0) is 16.4. The second-order valence-electron chi connectivity index (χ2n) is 5.12. The lowest BCUT2D eigenvalue weighted by atomic mass is 9.91. The highest BCUT2D eigenvalue weighted by atomic mass is 127.